The molecule has 1 heterocycles. The van der Waals surface area contributed by atoms with Crippen LogP contribution in [0.5, 0.6) is 0 Å². The van der Waals surface area contributed by atoms with E-state index in [-0.39, 0.29) is 12.4 Å². The van der Waals surface area contributed by atoms with Crippen LogP contribution in [0.1, 0.15) is 17.8 Å². The maximum atomic E-state index is 12.5. The van der Waals surface area contributed by atoms with Gasteiger partial charge in [-0.05, 0) is 11.6 Å². The number of hydrogen-bond acceptors (Lipinski definition) is 2. The van der Waals surface area contributed by atoms with Crippen molar-refractivity contribution in [2.45, 2.75) is 19.6 Å². The summed E-state index contributed by atoms with van der Waals surface area (Å²) in [5.74, 6) is 0. The quantitative estimate of drug-likeness (QED) is 0.908. The molecule has 0 spiro atoms. The molecule has 0 bridgehead atoms. The molecule has 18 heavy (non-hydrogen) atoms. The lowest BCUT2D eigenvalue weighted by atomic mass is 10.2. The average Bonchev–Trinajstić information content (AvgIpc) is 2.79. The Morgan fingerprint density at radius 1 is 1.11 bits per heavy atom. The molecule has 2 rings (SSSR count). The summed E-state index contributed by atoms with van der Waals surface area (Å²) in [7, 11) is 0. The summed E-state index contributed by atoms with van der Waals surface area (Å²) >= 11 is 0. The fourth-order valence-corrected chi connectivity index (χ4v) is 1.59. The summed E-state index contributed by atoms with van der Waals surface area (Å²) in [4.78, 5) is 0. The maximum absolute atomic E-state index is 12.5. The van der Waals surface area contributed by atoms with Gasteiger partial charge in [-0.25, -0.2) is 4.68 Å². The lowest BCUT2D eigenvalue weighted by Gasteiger charge is -2.07. The molecule has 98 valence electrons. The van der Waals surface area contributed by atoms with E-state index in [1.165, 1.54) is 6.20 Å². The molecule has 0 aliphatic rings. The fourth-order valence-electron chi connectivity index (χ4n) is 1.59. The van der Waals surface area contributed by atoms with Crippen molar-refractivity contribution in [1.82, 2.24) is 15.1 Å². The monoisotopic (exact) mass is 273 g/mol. The molecule has 2 aromatic rings. The van der Waals surface area contributed by atoms with Gasteiger partial charge in [0.1, 0.15) is 0 Å². The number of rotatable bonds is 5. The van der Waals surface area contributed by atoms with Crippen molar-refractivity contribution in [2.75, 3.05) is 0 Å². The summed E-state index contributed by atoms with van der Waals surface area (Å²) in [6, 6.07) is 11.4. The second-order valence-electron chi connectivity index (χ2n) is 3.63. The Balaban J connectivity index is 0.00000162. The summed E-state index contributed by atoms with van der Waals surface area (Å²) in [6.07, 6.45) is 1.38. The Morgan fingerprint density at radius 2 is 1.83 bits per heavy atom. The molecule has 0 fully saturated rings. The van der Waals surface area contributed by atoms with Crippen LogP contribution in [0, 0.1) is 0 Å². The van der Waals surface area contributed by atoms with Crippen LogP contribution in [0.25, 0.3) is 0 Å². The number of benzene rings is 1. The second kappa shape index (κ2) is 7.08. The van der Waals surface area contributed by atoms with Gasteiger partial charge in [0.25, 0.3) is 0 Å². The molecule has 0 saturated heterocycles. The molecule has 1 aromatic heterocycles. The van der Waals surface area contributed by atoms with Crippen molar-refractivity contribution in [1.29, 1.82) is 0 Å². The van der Waals surface area contributed by atoms with Gasteiger partial charge in [0.05, 0.1) is 5.69 Å². The number of aromatic nitrogens is 2. The summed E-state index contributed by atoms with van der Waals surface area (Å²) in [5.41, 5.74) is 1.60. The predicted octanol–water partition coefficient (Wildman–Crippen LogP) is 2.99. The van der Waals surface area contributed by atoms with E-state index >= 15 is 0 Å². The molecule has 0 atom stereocenters. The van der Waals surface area contributed by atoms with Gasteiger partial charge in [0.15, 0.2) is 0 Å². The average molecular weight is 274 g/mol. The largest absolute Gasteiger partial charge is 0.333 e. The normalized spacial score (nSPS) is 10.4. The zero-order valence-electron chi connectivity index (χ0n) is 9.59. The third-order valence-corrected chi connectivity index (χ3v) is 2.42. The number of nitrogens with one attached hydrogen (secondary N) is 1. The Hall–Kier alpha value is -1.46. The van der Waals surface area contributed by atoms with Gasteiger partial charge in [-0.2, -0.15) is 13.9 Å². The minimum Gasteiger partial charge on any atom is -0.307 e. The number of nitrogens with zero attached hydrogens (tertiary/aromatic N) is 2. The van der Waals surface area contributed by atoms with Crippen molar-refractivity contribution in [3.8, 4) is 0 Å². The highest BCUT2D eigenvalue weighted by molar-refractivity contribution is 5.85. The lowest BCUT2D eigenvalue weighted by Crippen LogP contribution is -2.16. The van der Waals surface area contributed by atoms with E-state index in [0.717, 1.165) is 10.2 Å². The number of alkyl halides is 2. The van der Waals surface area contributed by atoms with Crippen LogP contribution in [0.15, 0.2) is 42.6 Å². The van der Waals surface area contributed by atoms with Gasteiger partial charge in [0.2, 0.25) is 0 Å². The van der Waals surface area contributed by atoms with E-state index in [0.29, 0.717) is 18.8 Å². The van der Waals surface area contributed by atoms with Crippen molar-refractivity contribution in [2.24, 2.45) is 0 Å². The van der Waals surface area contributed by atoms with Crippen LogP contribution >= 0.6 is 12.4 Å². The maximum Gasteiger partial charge on any atom is 0.333 e. The molecule has 0 saturated carbocycles. The second-order valence-corrected chi connectivity index (χ2v) is 3.63. The zero-order chi connectivity index (χ0) is 12.1. The lowest BCUT2D eigenvalue weighted by molar-refractivity contribution is 0.0531. The topological polar surface area (TPSA) is 29.9 Å². The first-order chi connectivity index (χ1) is 8.27. The van der Waals surface area contributed by atoms with Crippen molar-refractivity contribution < 1.29 is 8.78 Å². The minimum atomic E-state index is -2.58. The number of halogens is 3. The van der Waals surface area contributed by atoms with Gasteiger partial charge in [-0.15, -0.1) is 12.4 Å². The summed E-state index contributed by atoms with van der Waals surface area (Å²) < 4.78 is 25.7. The molecule has 0 aliphatic carbocycles. The van der Waals surface area contributed by atoms with Crippen LogP contribution in [-0.2, 0) is 13.1 Å². The van der Waals surface area contributed by atoms with Crippen molar-refractivity contribution in [3.05, 3.63) is 53.9 Å². The Bertz CT molecular complexity index is 459. The highest BCUT2D eigenvalue weighted by Gasteiger charge is 2.10. The molecule has 0 amide bonds. The van der Waals surface area contributed by atoms with Crippen molar-refractivity contribution >= 4 is 12.4 Å². The SMILES string of the molecule is Cl.FC(F)n1nccc1CNCc1ccccc1. The molecule has 0 unspecified atom stereocenters. The van der Waals surface area contributed by atoms with E-state index in [2.05, 4.69) is 10.4 Å². The fraction of sp³-hybridized carbons (Fsp3) is 0.250. The smallest absolute Gasteiger partial charge is 0.307 e. The highest BCUT2D eigenvalue weighted by atomic mass is 35.5. The molecular formula is C12H14ClF2N3. The molecule has 3 nitrogen and oxygen atoms in total. The first kappa shape index (κ1) is 14.6. The van der Waals surface area contributed by atoms with Gasteiger partial charge >= 0.3 is 6.55 Å². The standard InChI is InChI=1S/C12H13F2N3.ClH/c13-12(14)17-11(6-7-16-17)9-15-8-10-4-2-1-3-5-10;/h1-7,12,15H,8-9H2;1H. The summed E-state index contributed by atoms with van der Waals surface area (Å²) in [6.45, 7) is -1.56. The molecule has 0 radical (unpaired) electrons. The Morgan fingerprint density at radius 3 is 2.50 bits per heavy atom. The van der Waals surface area contributed by atoms with Gasteiger partial charge < -0.3 is 5.32 Å². The van der Waals surface area contributed by atoms with E-state index in [9.17, 15) is 8.78 Å². The van der Waals surface area contributed by atoms with E-state index in [1.807, 2.05) is 30.3 Å². The van der Waals surface area contributed by atoms with Crippen LogP contribution in [0.3, 0.4) is 0 Å². The molecular weight excluding hydrogens is 260 g/mol. The van der Waals surface area contributed by atoms with E-state index in [1.54, 1.807) is 6.07 Å². The van der Waals surface area contributed by atoms with Crippen LogP contribution in [0.4, 0.5) is 8.78 Å². The van der Waals surface area contributed by atoms with E-state index < -0.39 is 6.55 Å². The zero-order valence-corrected chi connectivity index (χ0v) is 10.4. The van der Waals surface area contributed by atoms with Crippen LogP contribution in [-0.4, -0.2) is 9.78 Å². The first-order valence-electron chi connectivity index (χ1n) is 5.32. The summed E-state index contributed by atoms with van der Waals surface area (Å²) in [5, 5.41) is 6.67. The molecule has 1 N–H and O–H groups in total. The van der Waals surface area contributed by atoms with Gasteiger partial charge in [0, 0.05) is 19.3 Å². The predicted molar refractivity (Wildman–Crippen MR) is 67.7 cm³/mol. The van der Waals surface area contributed by atoms with Gasteiger partial charge in [-0.1, -0.05) is 30.3 Å². The first-order valence-corrected chi connectivity index (χ1v) is 5.32. The van der Waals surface area contributed by atoms with Gasteiger partial charge in [-0.3, -0.25) is 0 Å². The Labute approximate surface area is 110 Å². The van der Waals surface area contributed by atoms with Crippen LogP contribution in [0.2, 0.25) is 0 Å². The minimum absolute atomic E-state index is 0. The third-order valence-electron chi connectivity index (χ3n) is 2.42. The number of hydrogen-bond donors (Lipinski definition) is 1. The highest BCUT2D eigenvalue weighted by Crippen LogP contribution is 2.11. The van der Waals surface area contributed by atoms with Crippen LogP contribution < -0.4 is 5.32 Å². The van der Waals surface area contributed by atoms with Crippen molar-refractivity contribution in [3.63, 3.8) is 0 Å². The molecule has 0 aliphatic heterocycles. The molecule has 6 heteroatoms. The third kappa shape index (κ3) is 3.78. The Kier molecular flexibility index (Phi) is 5.74. The van der Waals surface area contributed by atoms with E-state index in [4.69, 9.17) is 0 Å². The molecule has 1 aromatic carbocycles.